The number of ether oxygens (including phenoxy) is 3. The van der Waals surface area contributed by atoms with Crippen LogP contribution in [-0.2, 0) is 17.9 Å². The first-order chi connectivity index (χ1) is 13.0. The van der Waals surface area contributed by atoms with Gasteiger partial charge in [0.05, 0.1) is 28.4 Å². The summed E-state index contributed by atoms with van der Waals surface area (Å²) in [5.41, 5.74) is 1.82. The summed E-state index contributed by atoms with van der Waals surface area (Å²) in [5, 5.41) is 2.89. The Labute approximate surface area is 158 Å². The van der Waals surface area contributed by atoms with Gasteiger partial charge in [0.2, 0.25) is 5.75 Å². The lowest BCUT2D eigenvalue weighted by atomic mass is 10.1. The SMILES string of the molecule is COc1cc(CNC(=O)C[NH+](C)Cc2ccc(F)cc2)cc(OC)c1OC. The summed E-state index contributed by atoms with van der Waals surface area (Å²) in [6.07, 6.45) is 0. The van der Waals surface area contributed by atoms with Gasteiger partial charge >= 0.3 is 0 Å². The van der Waals surface area contributed by atoms with E-state index in [0.717, 1.165) is 16.0 Å². The average Bonchev–Trinajstić information content (AvgIpc) is 2.67. The third-order valence-electron chi connectivity index (χ3n) is 4.10. The molecular formula is C20H26FN2O4+. The highest BCUT2D eigenvalue weighted by Gasteiger charge is 2.15. The minimum Gasteiger partial charge on any atom is -0.493 e. The van der Waals surface area contributed by atoms with Crippen LogP contribution in [0.2, 0.25) is 0 Å². The molecule has 0 radical (unpaired) electrons. The molecule has 2 N–H and O–H groups in total. The van der Waals surface area contributed by atoms with E-state index in [-0.39, 0.29) is 11.7 Å². The maximum absolute atomic E-state index is 13.0. The molecule has 0 spiro atoms. The van der Waals surface area contributed by atoms with E-state index in [1.54, 1.807) is 45.6 Å². The van der Waals surface area contributed by atoms with Gasteiger partial charge < -0.3 is 24.4 Å². The fraction of sp³-hybridized carbons (Fsp3) is 0.350. The van der Waals surface area contributed by atoms with Gasteiger partial charge in [-0.3, -0.25) is 4.79 Å². The highest BCUT2D eigenvalue weighted by atomic mass is 19.1. The number of methoxy groups -OCH3 is 3. The van der Waals surface area contributed by atoms with Crippen molar-refractivity contribution < 1.29 is 28.3 Å². The number of nitrogens with one attached hydrogen (secondary N) is 2. The quantitative estimate of drug-likeness (QED) is 0.689. The third kappa shape index (κ3) is 5.86. The van der Waals surface area contributed by atoms with Crippen molar-refractivity contribution in [2.45, 2.75) is 13.1 Å². The number of amides is 1. The van der Waals surface area contributed by atoms with Gasteiger partial charge in [-0.2, -0.15) is 0 Å². The number of quaternary nitrogens is 1. The summed E-state index contributed by atoms with van der Waals surface area (Å²) < 4.78 is 28.9. The van der Waals surface area contributed by atoms with Gasteiger partial charge in [-0.1, -0.05) is 12.1 Å². The van der Waals surface area contributed by atoms with E-state index in [1.807, 2.05) is 7.05 Å². The van der Waals surface area contributed by atoms with Crippen LogP contribution in [-0.4, -0.2) is 40.8 Å². The lowest BCUT2D eigenvalue weighted by Crippen LogP contribution is -3.08. The highest BCUT2D eigenvalue weighted by Crippen LogP contribution is 2.38. The third-order valence-corrected chi connectivity index (χ3v) is 4.10. The standard InChI is InChI=1S/C20H25FN2O4/c1-23(12-14-5-7-16(21)8-6-14)13-19(24)22-11-15-9-17(25-2)20(27-4)18(10-15)26-3/h5-10H,11-13H2,1-4H3,(H,22,24)/p+1. The van der Waals surface area contributed by atoms with E-state index in [2.05, 4.69) is 5.32 Å². The molecule has 27 heavy (non-hydrogen) atoms. The molecule has 0 heterocycles. The second-order valence-corrected chi connectivity index (χ2v) is 6.25. The van der Waals surface area contributed by atoms with Crippen molar-refractivity contribution in [2.75, 3.05) is 34.9 Å². The zero-order valence-electron chi connectivity index (χ0n) is 16.1. The molecule has 0 saturated heterocycles. The van der Waals surface area contributed by atoms with Crippen LogP contribution in [0.1, 0.15) is 11.1 Å². The fourth-order valence-corrected chi connectivity index (χ4v) is 2.79. The van der Waals surface area contributed by atoms with E-state index in [0.29, 0.717) is 36.9 Å². The van der Waals surface area contributed by atoms with Crippen LogP contribution in [0.15, 0.2) is 36.4 Å². The van der Waals surface area contributed by atoms with Crippen molar-refractivity contribution in [2.24, 2.45) is 0 Å². The maximum atomic E-state index is 13.0. The molecule has 0 aliphatic heterocycles. The lowest BCUT2D eigenvalue weighted by molar-refractivity contribution is -0.885. The molecule has 0 saturated carbocycles. The van der Waals surface area contributed by atoms with Gasteiger partial charge in [0.25, 0.3) is 5.91 Å². The van der Waals surface area contributed by atoms with Crippen LogP contribution < -0.4 is 24.4 Å². The van der Waals surface area contributed by atoms with Gasteiger partial charge in [0.15, 0.2) is 18.0 Å². The van der Waals surface area contributed by atoms with Crippen LogP contribution in [0.3, 0.4) is 0 Å². The van der Waals surface area contributed by atoms with E-state index >= 15 is 0 Å². The Balaban J connectivity index is 1.91. The van der Waals surface area contributed by atoms with Crippen LogP contribution in [0, 0.1) is 5.82 Å². The number of carbonyl (C=O) groups excluding carboxylic acids is 1. The molecule has 6 nitrogen and oxygen atoms in total. The Bertz CT molecular complexity index is 740. The minimum atomic E-state index is -0.264. The van der Waals surface area contributed by atoms with Gasteiger partial charge in [-0.25, -0.2) is 4.39 Å². The number of hydrogen-bond acceptors (Lipinski definition) is 4. The highest BCUT2D eigenvalue weighted by molar-refractivity contribution is 5.76. The van der Waals surface area contributed by atoms with Crippen molar-refractivity contribution >= 4 is 5.91 Å². The Morgan fingerprint density at radius 2 is 1.59 bits per heavy atom. The number of likely N-dealkylation sites (N-methyl/N-ethyl adjacent to an activating group) is 1. The van der Waals surface area contributed by atoms with E-state index < -0.39 is 0 Å². The molecule has 2 aromatic rings. The summed E-state index contributed by atoms with van der Waals surface area (Å²) >= 11 is 0. The van der Waals surface area contributed by atoms with Crippen LogP contribution >= 0.6 is 0 Å². The molecule has 0 aromatic heterocycles. The maximum Gasteiger partial charge on any atom is 0.275 e. The first-order valence-corrected chi connectivity index (χ1v) is 8.58. The van der Waals surface area contributed by atoms with Crippen LogP contribution in [0.5, 0.6) is 17.2 Å². The summed E-state index contributed by atoms with van der Waals surface area (Å²) in [6, 6.07) is 9.91. The Hall–Kier alpha value is -2.80. The normalized spacial score (nSPS) is 11.6. The fourth-order valence-electron chi connectivity index (χ4n) is 2.79. The van der Waals surface area contributed by atoms with E-state index in [9.17, 15) is 9.18 Å². The molecule has 2 rings (SSSR count). The lowest BCUT2D eigenvalue weighted by Gasteiger charge is -2.16. The number of rotatable bonds is 9. The minimum absolute atomic E-state index is 0.0802. The first kappa shape index (κ1) is 20.5. The monoisotopic (exact) mass is 377 g/mol. The van der Waals surface area contributed by atoms with Gasteiger partial charge in [0.1, 0.15) is 12.4 Å². The summed E-state index contributed by atoms with van der Waals surface area (Å²) in [7, 11) is 6.56. The molecular weight excluding hydrogens is 351 g/mol. The predicted molar refractivity (Wildman–Crippen MR) is 99.8 cm³/mol. The summed E-state index contributed by atoms with van der Waals surface area (Å²) in [4.78, 5) is 13.2. The summed E-state index contributed by atoms with van der Waals surface area (Å²) in [6.45, 7) is 1.29. The van der Waals surface area contributed by atoms with Crippen molar-refractivity contribution in [3.63, 3.8) is 0 Å². The predicted octanol–water partition coefficient (Wildman–Crippen LogP) is 1.18. The zero-order valence-corrected chi connectivity index (χ0v) is 16.1. The first-order valence-electron chi connectivity index (χ1n) is 8.58. The average molecular weight is 377 g/mol. The van der Waals surface area contributed by atoms with E-state index in [4.69, 9.17) is 14.2 Å². The van der Waals surface area contributed by atoms with Crippen molar-refractivity contribution in [1.82, 2.24) is 5.32 Å². The zero-order chi connectivity index (χ0) is 19.8. The molecule has 0 fully saturated rings. The molecule has 7 heteroatoms. The molecule has 0 aliphatic rings. The Morgan fingerprint density at radius 3 is 2.11 bits per heavy atom. The van der Waals surface area contributed by atoms with Crippen LogP contribution in [0.4, 0.5) is 4.39 Å². The Morgan fingerprint density at radius 1 is 1.00 bits per heavy atom. The molecule has 1 atom stereocenters. The van der Waals surface area contributed by atoms with Crippen molar-refractivity contribution in [1.29, 1.82) is 0 Å². The number of benzene rings is 2. The second kappa shape index (κ2) is 9.78. The second-order valence-electron chi connectivity index (χ2n) is 6.25. The van der Waals surface area contributed by atoms with E-state index in [1.165, 1.54) is 12.1 Å². The Kier molecular flexibility index (Phi) is 7.43. The number of carbonyl (C=O) groups is 1. The molecule has 0 aliphatic carbocycles. The topological polar surface area (TPSA) is 61.2 Å². The van der Waals surface area contributed by atoms with Gasteiger partial charge in [0, 0.05) is 12.1 Å². The molecule has 1 unspecified atom stereocenters. The van der Waals surface area contributed by atoms with Crippen molar-refractivity contribution in [3.8, 4) is 17.2 Å². The number of hydrogen-bond donors (Lipinski definition) is 2. The number of halogens is 1. The van der Waals surface area contributed by atoms with Gasteiger partial charge in [-0.15, -0.1) is 0 Å². The van der Waals surface area contributed by atoms with Crippen molar-refractivity contribution in [3.05, 3.63) is 53.3 Å². The summed E-state index contributed by atoms with van der Waals surface area (Å²) in [5.74, 6) is 1.25. The van der Waals surface area contributed by atoms with Crippen LogP contribution in [0.25, 0.3) is 0 Å². The molecule has 2 aromatic carbocycles. The molecule has 146 valence electrons. The largest absolute Gasteiger partial charge is 0.493 e. The smallest absolute Gasteiger partial charge is 0.275 e. The molecule has 1 amide bonds. The molecule has 0 bridgehead atoms. The van der Waals surface area contributed by atoms with Gasteiger partial charge in [-0.05, 0) is 29.8 Å².